The molecule has 0 radical (unpaired) electrons. The van der Waals surface area contributed by atoms with Gasteiger partial charge in [0.25, 0.3) is 5.91 Å². The van der Waals surface area contributed by atoms with Crippen LogP contribution in [-0.4, -0.2) is 28.9 Å². The second-order valence-electron chi connectivity index (χ2n) is 7.82. The Hall–Kier alpha value is -1.96. The highest BCUT2D eigenvalue weighted by Crippen LogP contribution is 2.36. The smallest absolute Gasteiger partial charge is 0.255 e. The molecule has 0 spiro atoms. The van der Waals surface area contributed by atoms with Crippen LogP contribution in [0.3, 0.4) is 0 Å². The molecule has 0 atom stereocenters. The number of aromatic nitrogens is 1. The zero-order valence-electron chi connectivity index (χ0n) is 17.5. The molecule has 168 valence electrons. The van der Waals surface area contributed by atoms with Gasteiger partial charge < -0.3 is 4.90 Å². The molecule has 0 bridgehead atoms. The molecule has 0 aliphatic carbocycles. The highest BCUT2D eigenvalue weighted by Gasteiger charge is 2.28. The lowest BCUT2D eigenvalue weighted by Gasteiger charge is -2.31. The number of thiophene rings is 2. The number of amides is 1. The number of piperidine rings is 1. The highest BCUT2D eigenvalue weighted by atomic mass is 35.5. The molecule has 4 heterocycles. The van der Waals surface area contributed by atoms with Gasteiger partial charge >= 0.3 is 0 Å². The van der Waals surface area contributed by atoms with E-state index in [2.05, 4.69) is 5.38 Å². The average Bonchev–Trinajstić information content (AvgIpc) is 3.62. The zero-order valence-corrected chi connectivity index (χ0v) is 21.5. The van der Waals surface area contributed by atoms with Crippen molar-refractivity contribution in [3.8, 4) is 11.3 Å². The fourth-order valence-electron chi connectivity index (χ4n) is 3.95. The van der Waals surface area contributed by atoms with Gasteiger partial charge in [0.2, 0.25) is 0 Å². The van der Waals surface area contributed by atoms with Crippen LogP contribution in [0.4, 0.5) is 0 Å². The number of halogens is 2. The monoisotopic (exact) mass is 530 g/mol. The van der Waals surface area contributed by atoms with Crippen LogP contribution in [0.5, 0.6) is 0 Å². The number of carbonyl (C=O) groups is 1. The van der Waals surface area contributed by atoms with E-state index in [9.17, 15) is 4.79 Å². The van der Waals surface area contributed by atoms with Gasteiger partial charge in [-0.25, -0.2) is 4.98 Å². The lowest BCUT2D eigenvalue weighted by Crippen LogP contribution is -2.38. The molecule has 1 amide bonds. The van der Waals surface area contributed by atoms with E-state index in [0.717, 1.165) is 57.5 Å². The molecule has 1 saturated heterocycles. The van der Waals surface area contributed by atoms with E-state index < -0.39 is 0 Å². The summed E-state index contributed by atoms with van der Waals surface area (Å²) in [6, 6.07) is 13.7. The maximum absolute atomic E-state index is 13.4. The van der Waals surface area contributed by atoms with E-state index in [-0.39, 0.29) is 5.91 Å². The molecule has 0 N–H and O–H groups in total. The van der Waals surface area contributed by atoms with Crippen molar-refractivity contribution in [2.24, 2.45) is 0 Å². The summed E-state index contributed by atoms with van der Waals surface area (Å²) < 4.78 is 0. The highest BCUT2D eigenvalue weighted by molar-refractivity contribution is 7.12. The maximum atomic E-state index is 13.4. The topological polar surface area (TPSA) is 33.2 Å². The quantitative estimate of drug-likeness (QED) is 0.243. The van der Waals surface area contributed by atoms with E-state index in [0.29, 0.717) is 16.0 Å². The SMILES string of the molecule is O=C(C(=Cc1cccs1)c1cccs1)N1CCC(c2nc(-c3ccc(Cl)c(Cl)c3)cs2)CC1. The molecule has 5 rings (SSSR count). The normalized spacial score (nSPS) is 15.2. The van der Waals surface area contributed by atoms with Crippen molar-refractivity contribution < 1.29 is 4.79 Å². The number of benzene rings is 1. The van der Waals surface area contributed by atoms with Gasteiger partial charge in [-0.05, 0) is 53.9 Å². The van der Waals surface area contributed by atoms with Gasteiger partial charge in [0.1, 0.15) is 0 Å². The predicted octanol–water partition coefficient (Wildman–Crippen LogP) is 8.19. The van der Waals surface area contributed by atoms with E-state index in [1.54, 1.807) is 40.1 Å². The number of thiazole rings is 1. The number of rotatable bonds is 5. The number of hydrogen-bond donors (Lipinski definition) is 0. The molecule has 1 aliphatic rings. The van der Waals surface area contributed by atoms with Crippen LogP contribution in [0.15, 0.2) is 58.6 Å². The number of nitrogens with zero attached hydrogens (tertiary/aromatic N) is 2. The Bertz CT molecular complexity index is 1270. The number of carbonyl (C=O) groups excluding carboxylic acids is 1. The molecule has 0 unspecified atom stereocenters. The van der Waals surface area contributed by atoms with Crippen molar-refractivity contribution >= 4 is 74.8 Å². The first-order valence-corrected chi connectivity index (χ1v) is 14.0. The van der Waals surface area contributed by atoms with Crippen molar-refractivity contribution in [3.05, 3.63) is 83.4 Å². The molecule has 8 heteroatoms. The molecular weight excluding hydrogens is 511 g/mol. The first kappa shape index (κ1) is 22.8. The van der Waals surface area contributed by atoms with Crippen LogP contribution in [0.2, 0.25) is 10.0 Å². The largest absolute Gasteiger partial charge is 0.339 e. The first-order valence-electron chi connectivity index (χ1n) is 10.6. The Morgan fingerprint density at radius 1 is 1.00 bits per heavy atom. The van der Waals surface area contributed by atoms with Crippen molar-refractivity contribution in [3.63, 3.8) is 0 Å². The van der Waals surface area contributed by atoms with Gasteiger partial charge in [-0.1, -0.05) is 41.4 Å². The molecule has 1 fully saturated rings. The Balaban J connectivity index is 1.28. The van der Waals surface area contributed by atoms with Crippen LogP contribution < -0.4 is 0 Å². The Labute approximate surface area is 214 Å². The summed E-state index contributed by atoms with van der Waals surface area (Å²) >= 11 is 17.2. The minimum Gasteiger partial charge on any atom is -0.339 e. The second-order valence-corrected chi connectivity index (χ2v) is 11.4. The van der Waals surface area contributed by atoms with Crippen LogP contribution in [0.1, 0.15) is 33.5 Å². The molecule has 0 saturated carbocycles. The Morgan fingerprint density at radius 2 is 1.79 bits per heavy atom. The third-order valence-corrected chi connectivity index (χ3v) is 9.18. The van der Waals surface area contributed by atoms with Crippen LogP contribution >= 0.6 is 57.2 Å². The van der Waals surface area contributed by atoms with E-state index >= 15 is 0 Å². The van der Waals surface area contributed by atoms with Crippen molar-refractivity contribution in [2.45, 2.75) is 18.8 Å². The second kappa shape index (κ2) is 10.1. The summed E-state index contributed by atoms with van der Waals surface area (Å²) in [4.78, 5) is 22.4. The van der Waals surface area contributed by atoms with Crippen molar-refractivity contribution in [2.75, 3.05) is 13.1 Å². The summed E-state index contributed by atoms with van der Waals surface area (Å²) in [6.45, 7) is 1.47. The predicted molar refractivity (Wildman–Crippen MR) is 143 cm³/mol. The molecule has 33 heavy (non-hydrogen) atoms. The lowest BCUT2D eigenvalue weighted by molar-refractivity contribution is -0.125. The fraction of sp³-hybridized carbons (Fsp3) is 0.200. The van der Waals surface area contributed by atoms with Crippen LogP contribution in [0.25, 0.3) is 22.9 Å². The number of likely N-dealkylation sites (tertiary alicyclic amines) is 1. The summed E-state index contributed by atoms with van der Waals surface area (Å²) in [5.74, 6) is 0.474. The van der Waals surface area contributed by atoms with Gasteiger partial charge in [0.05, 0.1) is 26.3 Å². The average molecular weight is 532 g/mol. The molecule has 1 aromatic carbocycles. The molecule has 3 aromatic heterocycles. The number of hydrogen-bond acceptors (Lipinski definition) is 5. The van der Waals surface area contributed by atoms with E-state index in [1.807, 2.05) is 58.1 Å². The fourth-order valence-corrected chi connectivity index (χ4v) is 6.64. The third kappa shape index (κ3) is 5.10. The third-order valence-electron chi connectivity index (χ3n) is 5.72. The Kier molecular flexibility index (Phi) is 6.99. The summed E-state index contributed by atoms with van der Waals surface area (Å²) in [7, 11) is 0. The zero-order chi connectivity index (χ0) is 22.8. The summed E-state index contributed by atoms with van der Waals surface area (Å²) in [5, 5.41) is 8.33. The van der Waals surface area contributed by atoms with Gasteiger partial charge in [-0.2, -0.15) is 0 Å². The van der Waals surface area contributed by atoms with Gasteiger partial charge in [-0.15, -0.1) is 34.0 Å². The lowest BCUT2D eigenvalue weighted by atomic mass is 9.96. The van der Waals surface area contributed by atoms with Crippen LogP contribution in [-0.2, 0) is 4.79 Å². The van der Waals surface area contributed by atoms with Gasteiger partial charge in [0, 0.05) is 39.7 Å². The molecule has 4 aromatic rings. The van der Waals surface area contributed by atoms with Crippen molar-refractivity contribution in [1.29, 1.82) is 0 Å². The van der Waals surface area contributed by atoms with Gasteiger partial charge in [0.15, 0.2) is 0 Å². The standard InChI is InChI=1S/C25H20Cl2N2OS3/c26-20-6-5-17(13-21(20)27)22-15-33-24(28-22)16-7-9-29(10-8-16)25(30)19(23-4-2-12-32-23)14-18-3-1-11-31-18/h1-6,11-16H,7-10H2. The van der Waals surface area contributed by atoms with E-state index in [1.165, 1.54) is 0 Å². The minimum atomic E-state index is 0.111. The van der Waals surface area contributed by atoms with Gasteiger partial charge in [-0.3, -0.25) is 4.79 Å². The molecule has 1 aliphatic heterocycles. The Morgan fingerprint density at radius 3 is 2.48 bits per heavy atom. The van der Waals surface area contributed by atoms with E-state index in [4.69, 9.17) is 28.2 Å². The van der Waals surface area contributed by atoms with Crippen molar-refractivity contribution in [1.82, 2.24) is 9.88 Å². The maximum Gasteiger partial charge on any atom is 0.255 e. The molecule has 3 nitrogen and oxygen atoms in total. The summed E-state index contributed by atoms with van der Waals surface area (Å²) in [5.41, 5.74) is 2.67. The minimum absolute atomic E-state index is 0.111. The summed E-state index contributed by atoms with van der Waals surface area (Å²) in [6.07, 6.45) is 3.85. The first-order chi connectivity index (χ1) is 16.1. The molecular formula is C25H20Cl2N2OS3. The van der Waals surface area contributed by atoms with Crippen LogP contribution in [0, 0.1) is 0 Å².